The van der Waals surface area contributed by atoms with E-state index in [-0.39, 0.29) is 11.8 Å². The Balaban J connectivity index is 1.45. The number of carbonyl (C=O) groups excluding carboxylic acids is 3. The van der Waals surface area contributed by atoms with Crippen LogP contribution in [0.15, 0.2) is 18.2 Å². The molecule has 1 aromatic carbocycles. The highest BCUT2D eigenvalue weighted by Gasteiger charge is 2.27. The number of aromatic nitrogens is 2. The van der Waals surface area contributed by atoms with Crippen LogP contribution in [0.3, 0.4) is 0 Å². The third-order valence-corrected chi connectivity index (χ3v) is 5.98. The van der Waals surface area contributed by atoms with Gasteiger partial charge in [0.15, 0.2) is 0 Å². The molecule has 2 aromatic rings. The molecule has 3 amide bonds. The van der Waals surface area contributed by atoms with Gasteiger partial charge >= 0.3 is 11.8 Å². The highest BCUT2D eigenvalue weighted by molar-refractivity contribution is 7.07. The van der Waals surface area contributed by atoms with Gasteiger partial charge in [0.25, 0.3) is 5.91 Å². The number of nitrogens with zero attached hydrogens (tertiary/aromatic N) is 3. The van der Waals surface area contributed by atoms with Crippen molar-refractivity contribution in [2.45, 2.75) is 19.8 Å². The molecule has 0 bridgehead atoms. The molecule has 31 heavy (non-hydrogen) atoms. The molecule has 10 nitrogen and oxygen atoms in total. The van der Waals surface area contributed by atoms with Crippen LogP contribution in [0, 0.1) is 12.8 Å². The van der Waals surface area contributed by atoms with E-state index in [1.807, 2.05) is 0 Å². The summed E-state index contributed by atoms with van der Waals surface area (Å²) in [4.78, 5) is 39.3. The van der Waals surface area contributed by atoms with Crippen LogP contribution in [0.2, 0.25) is 0 Å². The molecule has 3 rings (SSSR count). The van der Waals surface area contributed by atoms with Crippen LogP contribution < -0.4 is 20.1 Å². The predicted molar refractivity (Wildman–Crippen MR) is 114 cm³/mol. The Hall–Kier alpha value is -3.21. The number of carbonyl (C=O) groups is 3. The zero-order chi connectivity index (χ0) is 22.4. The Morgan fingerprint density at radius 1 is 1.16 bits per heavy atom. The SMILES string of the molecule is COc1ccc(NC(=O)C(=O)NCC2CCN(C(=O)c3snnc3C)CC2)c(OC)c1. The predicted octanol–water partition coefficient (Wildman–Crippen LogP) is 1.47. The van der Waals surface area contributed by atoms with E-state index in [0.717, 1.165) is 24.4 Å². The Kier molecular flexibility index (Phi) is 7.40. The molecule has 1 aliphatic heterocycles. The van der Waals surface area contributed by atoms with Gasteiger partial charge in [-0.15, -0.1) is 5.10 Å². The van der Waals surface area contributed by atoms with Gasteiger partial charge in [0.1, 0.15) is 16.4 Å². The van der Waals surface area contributed by atoms with E-state index in [0.29, 0.717) is 47.4 Å². The maximum atomic E-state index is 12.5. The van der Waals surface area contributed by atoms with Crippen molar-refractivity contribution in [1.29, 1.82) is 0 Å². The molecule has 1 fully saturated rings. The first kappa shape index (κ1) is 22.5. The number of ether oxygens (including phenoxy) is 2. The van der Waals surface area contributed by atoms with Crippen LogP contribution >= 0.6 is 11.5 Å². The van der Waals surface area contributed by atoms with Crippen LogP contribution in [-0.2, 0) is 9.59 Å². The molecule has 2 N–H and O–H groups in total. The maximum Gasteiger partial charge on any atom is 0.313 e. The number of hydrogen-bond donors (Lipinski definition) is 2. The third kappa shape index (κ3) is 5.48. The third-order valence-electron chi connectivity index (χ3n) is 5.16. The summed E-state index contributed by atoms with van der Waals surface area (Å²) in [6.07, 6.45) is 1.48. The number of amides is 3. The largest absolute Gasteiger partial charge is 0.497 e. The van der Waals surface area contributed by atoms with Gasteiger partial charge in [-0.1, -0.05) is 4.49 Å². The number of aryl methyl sites for hydroxylation is 1. The lowest BCUT2D eigenvalue weighted by molar-refractivity contribution is -0.136. The summed E-state index contributed by atoms with van der Waals surface area (Å²) in [7, 11) is 2.99. The normalized spacial score (nSPS) is 14.1. The second-order valence-corrected chi connectivity index (χ2v) is 7.91. The number of likely N-dealkylation sites (tertiary alicyclic amines) is 1. The quantitative estimate of drug-likeness (QED) is 0.643. The zero-order valence-corrected chi connectivity index (χ0v) is 18.5. The van der Waals surface area contributed by atoms with Crippen molar-refractivity contribution in [3.05, 3.63) is 28.8 Å². The summed E-state index contributed by atoms with van der Waals surface area (Å²) in [6.45, 7) is 3.32. The molecular weight excluding hydrogens is 422 g/mol. The lowest BCUT2D eigenvalue weighted by Crippen LogP contribution is -2.43. The smallest absolute Gasteiger partial charge is 0.313 e. The minimum atomic E-state index is -0.774. The minimum Gasteiger partial charge on any atom is -0.497 e. The number of anilines is 1. The Morgan fingerprint density at radius 3 is 2.52 bits per heavy atom. The van der Waals surface area contributed by atoms with E-state index < -0.39 is 11.8 Å². The second kappa shape index (κ2) is 10.2. The molecule has 2 heterocycles. The molecule has 0 spiro atoms. The monoisotopic (exact) mass is 447 g/mol. The van der Waals surface area contributed by atoms with Gasteiger partial charge < -0.3 is 25.0 Å². The lowest BCUT2D eigenvalue weighted by Gasteiger charge is -2.31. The fraction of sp³-hybridized carbons (Fsp3) is 0.450. The van der Waals surface area contributed by atoms with Crippen LogP contribution in [0.5, 0.6) is 11.5 Å². The lowest BCUT2D eigenvalue weighted by atomic mass is 9.96. The van der Waals surface area contributed by atoms with E-state index in [4.69, 9.17) is 9.47 Å². The molecule has 0 radical (unpaired) electrons. The van der Waals surface area contributed by atoms with Gasteiger partial charge in [-0.2, -0.15) is 0 Å². The maximum absolute atomic E-state index is 12.5. The summed E-state index contributed by atoms with van der Waals surface area (Å²) in [5, 5.41) is 9.11. The topological polar surface area (TPSA) is 123 Å². The van der Waals surface area contributed by atoms with Gasteiger partial charge in [0.2, 0.25) is 0 Å². The van der Waals surface area contributed by atoms with Gasteiger partial charge in [-0.05, 0) is 49.3 Å². The molecule has 0 atom stereocenters. The number of piperidine rings is 1. The average molecular weight is 448 g/mol. The standard InChI is InChI=1S/C20H25N5O5S/c1-12-17(31-24-23-12)20(28)25-8-6-13(7-9-25)11-21-18(26)19(27)22-15-5-4-14(29-2)10-16(15)30-3/h4-5,10,13H,6-9,11H2,1-3H3,(H,21,26)(H,22,27). The van der Waals surface area contributed by atoms with Crippen molar-refractivity contribution in [2.75, 3.05) is 39.2 Å². The van der Waals surface area contributed by atoms with Crippen LogP contribution in [0.25, 0.3) is 0 Å². The van der Waals surface area contributed by atoms with E-state index in [2.05, 4.69) is 20.2 Å². The Morgan fingerprint density at radius 2 is 1.90 bits per heavy atom. The zero-order valence-electron chi connectivity index (χ0n) is 17.6. The summed E-state index contributed by atoms with van der Waals surface area (Å²) >= 11 is 1.11. The highest BCUT2D eigenvalue weighted by atomic mass is 32.1. The first-order chi connectivity index (χ1) is 14.9. The summed E-state index contributed by atoms with van der Waals surface area (Å²) in [5.41, 5.74) is 1.02. The number of benzene rings is 1. The van der Waals surface area contributed by atoms with E-state index in [1.165, 1.54) is 14.2 Å². The molecule has 0 aliphatic carbocycles. The van der Waals surface area contributed by atoms with E-state index in [9.17, 15) is 14.4 Å². The summed E-state index contributed by atoms with van der Waals surface area (Å²) in [5.74, 6) is -0.387. The molecule has 1 saturated heterocycles. The molecule has 0 saturated carbocycles. The van der Waals surface area contributed by atoms with Gasteiger partial charge in [-0.25, -0.2) is 0 Å². The highest BCUT2D eigenvalue weighted by Crippen LogP contribution is 2.29. The summed E-state index contributed by atoms with van der Waals surface area (Å²) < 4.78 is 14.2. The first-order valence-electron chi connectivity index (χ1n) is 9.82. The summed E-state index contributed by atoms with van der Waals surface area (Å²) in [6, 6.07) is 4.89. The molecule has 1 aromatic heterocycles. The Bertz CT molecular complexity index is 955. The van der Waals surface area contributed by atoms with E-state index >= 15 is 0 Å². The number of rotatable bonds is 6. The van der Waals surface area contributed by atoms with Crippen LogP contribution in [-0.4, -0.2) is 66.1 Å². The van der Waals surface area contributed by atoms with Crippen LogP contribution in [0.1, 0.15) is 28.2 Å². The van der Waals surface area contributed by atoms with Gasteiger partial charge in [0.05, 0.1) is 25.6 Å². The van der Waals surface area contributed by atoms with Crippen molar-refractivity contribution in [3.8, 4) is 11.5 Å². The van der Waals surface area contributed by atoms with Crippen molar-refractivity contribution < 1.29 is 23.9 Å². The fourth-order valence-corrected chi connectivity index (χ4v) is 3.93. The molecule has 0 unspecified atom stereocenters. The molecule has 1 aliphatic rings. The van der Waals surface area contributed by atoms with Crippen molar-refractivity contribution in [3.63, 3.8) is 0 Å². The molecular formula is C20H25N5O5S. The number of nitrogens with one attached hydrogen (secondary N) is 2. The molecule has 166 valence electrons. The van der Waals surface area contributed by atoms with Crippen molar-refractivity contribution >= 4 is 34.9 Å². The molecule has 11 heteroatoms. The van der Waals surface area contributed by atoms with Crippen molar-refractivity contribution in [1.82, 2.24) is 19.8 Å². The minimum absolute atomic E-state index is 0.0530. The second-order valence-electron chi connectivity index (χ2n) is 7.15. The Labute approximate surface area is 184 Å². The number of methoxy groups -OCH3 is 2. The first-order valence-corrected chi connectivity index (χ1v) is 10.6. The van der Waals surface area contributed by atoms with Gasteiger partial charge in [-0.3, -0.25) is 14.4 Å². The van der Waals surface area contributed by atoms with Crippen LogP contribution in [0.4, 0.5) is 5.69 Å². The van der Waals surface area contributed by atoms with E-state index in [1.54, 1.807) is 30.0 Å². The van der Waals surface area contributed by atoms with Gasteiger partial charge in [0, 0.05) is 25.7 Å². The number of hydrogen-bond acceptors (Lipinski definition) is 8. The van der Waals surface area contributed by atoms with Crippen molar-refractivity contribution in [2.24, 2.45) is 5.92 Å². The fourth-order valence-electron chi connectivity index (χ4n) is 3.31. The average Bonchev–Trinajstić information content (AvgIpc) is 3.23.